The lowest BCUT2D eigenvalue weighted by Gasteiger charge is -2.10. The van der Waals surface area contributed by atoms with E-state index in [1.54, 1.807) is 24.3 Å². The van der Waals surface area contributed by atoms with Crippen LogP contribution >= 0.6 is 11.6 Å². The first-order valence-corrected chi connectivity index (χ1v) is 8.71. The molecule has 0 aliphatic rings. The third-order valence-electron chi connectivity index (χ3n) is 3.84. The van der Waals surface area contributed by atoms with Crippen LogP contribution in [0.1, 0.15) is 52.6 Å². The minimum absolute atomic E-state index is 0.229. The SMILES string of the molecule is CCCCCNC(=O)c1cc(C(=O)Nc2cccc(Cl)c2C)ccn1. The second kappa shape index (κ2) is 9.18. The van der Waals surface area contributed by atoms with E-state index < -0.39 is 0 Å². The van der Waals surface area contributed by atoms with Crippen molar-refractivity contribution in [3.05, 3.63) is 58.4 Å². The molecular formula is C19H22ClN3O2. The number of hydrogen-bond acceptors (Lipinski definition) is 3. The number of aromatic nitrogens is 1. The predicted molar refractivity (Wildman–Crippen MR) is 100 cm³/mol. The fourth-order valence-corrected chi connectivity index (χ4v) is 2.48. The van der Waals surface area contributed by atoms with Crippen molar-refractivity contribution >= 4 is 29.1 Å². The maximum Gasteiger partial charge on any atom is 0.269 e. The van der Waals surface area contributed by atoms with Crippen molar-refractivity contribution in [3.8, 4) is 0 Å². The average molecular weight is 360 g/mol. The lowest BCUT2D eigenvalue weighted by molar-refractivity contribution is 0.0948. The molecule has 1 aromatic heterocycles. The van der Waals surface area contributed by atoms with E-state index in [1.807, 2.05) is 6.92 Å². The van der Waals surface area contributed by atoms with E-state index in [0.717, 1.165) is 24.8 Å². The number of carbonyl (C=O) groups excluding carboxylic acids is 2. The summed E-state index contributed by atoms with van der Waals surface area (Å²) in [6.07, 6.45) is 4.54. The maximum absolute atomic E-state index is 12.4. The number of pyridine rings is 1. The minimum Gasteiger partial charge on any atom is -0.351 e. The Balaban J connectivity index is 2.06. The highest BCUT2D eigenvalue weighted by Gasteiger charge is 2.13. The third kappa shape index (κ3) is 5.29. The van der Waals surface area contributed by atoms with Crippen LogP contribution in [0.2, 0.25) is 5.02 Å². The van der Waals surface area contributed by atoms with Gasteiger partial charge in [0.15, 0.2) is 0 Å². The molecule has 2 N–H and O–H groups in total. The molecule has 0 fully saturated rings. The van der Waals surface area contributed by atoms with Crippen molar-refractivity contribution in [2.45, 2.75) is 33.1 Å². The minimum atomic E-state index is -0.312. The first-order valence-electron chi connectivity index (χ1n) is 8.33. The van der Waals surface area contributed by atoms with Crippen LogP contribution in [0.15, 0.2) is 36.5 Å². The zero-order valence-electron chi connectivity index (χ0n) is 14.4. The summed E-state index contributed by atoms with van der Waals surface area (Å²) >= 11 is 6.07. The maximum atomic E-state index is 12.4. The summed E-state index contributed by atoms with van der Waals surface area (Å²) in [5.74, 6) is -0.586. The third-order valence-corrected chi connectivity index (χ3v) is 4.25. The number of nitrogens with zero attached hydrogens (tertiary/aromatic N) is 1. The Labute approximate surface area is 152 Å². The van der Waals surface area contributed by atoms with Crippen LogP contribution in [-0.4, -0.2) is 23.3 Å². The molecule has 6 heteroatoms. The van der Waals surface area contributed by atoms with E-state index in [4.69, 9.17) is 11.6 Å². The lowest BCUT2D eigenvalue weighted by Crippen LogP contribution is -2.26. The van der Waals surface area contributed by atoms with Crippen LogP contribution in [0.25, 0.3) is 0 Å². The summed E-state index contributed by atoms with van der Waals surface area (Å²) < 4.78 is 0. The predicted octanol–water partition coefficient (Wildman–Crippen LogP) is 4.22. The molecule has 2 rings (SSSR count). The van der Waals surface area contributed by atoms with E-state index in [-0.39, 0.29) is 17.5 Å². The molecule has 0 atom stereocenters. The van der Waals surface area contributed by atoms with E-state index in [1.165, 1.54) is 12.3 Å². The fraction of sp³-hybridized carbons (Fsp3) is 0.316. The summed E-state index contributed by atoms with van der Waals surface area (Å²) in [5.41, 5.74) is 2.03. The number of benzene rings is 1. The first-order chi connectivity index (χ1) is 12.0. The normalized spacial score (nSPS) is 10.4. The van der Waals surface area contributed by atoms with Gasteiger partial charge in [-0.1, -0.05) is 37.4 Å². The summed E-state index contributed by atoms with van der Waals surface area (Å²) in [4.78, 5) is 28.6. The van der Waals surface area contributed by atoms with E-state index in [2.05, 4.69) is 22.5 Å². The number of amides is 2. The Morgan fingerprint density at radius 2 is 1.96 bits per heavy atom. The molecule has 1 aromatic carbocycles. The Morgan fingerprint density at radius 1 is 1.16 bits per heavy atom. The molecule has 25 heavy (non-hydrogen) atoms. The van der Waals surface area contributed by atoms with E-state index in [9.17, 15) is 9.59 Å². The first kappa shape index (κ1) is 18.9. The average Bonchev–Trinajstić information content (AvgIpc) is 2.62. The number of unbranched alkanes of at least 4 members (excludes halogenated alkanes) is 2. The van der Waals surface area contributed by atoms with Gasteiger partial charge in [-0.3, -0.25) is 14.6 Å². The highest BCUT2D eigenvalue weighted by molar-refractivity contribution is 6.31. The van der Waals surface area contributed by atoms with Gasteiger partial charge in [0, 0.05) is 29.0 Å². The number of anilines is 1. The van der Waals surface area contributed by atoms with Crippen LogP contribution < -0.4 is 10.6 Å². The summed E-state index contributed by atoms with van der Waals surface area (Å²) in [6.45, 7) is 4.54. The van der Waals surface area contributed by atoms with Gasteiger partial charge in [-0.25, -0.2) is 0 Å². The molecular weight excluding hydrogens is 338 g/mol. The van der Waals surface area contributed by atoms with Crippen molar-refractivity contribution < 1.29 is 9.59 Å². The number of nitrogens with one attached hydrogen (secondary N) is 2. The molecule has 1 heterocycles. The second-order valence-electron chi connectivity index (χ2n) is 5.76. The number of hydrogen-bond donors (Lipinski definition) is 2. The molecule has 0 bridgehead atoms. The molecule has 2 amide bonds. The van der Waals surface area contributed by atoms with Crippen molar-refractivity contribution in [1.82, 2.24) is 10.3 Å². The number of carbonyl (C=O) groups is 2. The van der Waals surface area contributed by atoms with Gasteiger partial charge in [0.05, 0.1) is 0 Å². The molecule has 0 saturated carbocycles. The highest BCUT2D eigenvalue weighted by Crippen LogP contribution is 2.23. The monoisotopic (exact) mass is 359 g/mol. The summed E-state index contributed by atoms with van der Waals surface area (Å²) in [6, 6.07) is 8.38. The molecule has 0 aliphatic heterocycles. The highest BCUT2D eigenvalue weighted by atomic mass is 35.5. The number of halogens is 1. The van der Waals surface area contributed by atoms with Gasteiger partial charge in [-0.15, -0.1) is 0 Å². The van der Waals surface area contributed by atoms with Gasteiger partial charge in [0.25, 0.3) is 11.8 Å². The smallest absolute Gasteiger partial charge is 0.269 e. The molecule has 0 saturated heterocycles. The van der Waals surface area contributed by atoms with Gasteiger partial charge >= 0.3 is 0 Å². The van der Waals surface area contributed by atoms with Gasteiger partial charge in [-0.2, -0.15) is 0 Å². The molecule has 2 aromatic rings. The van der Waals surface area contributed by atoms with Crippen LogP contribution in [0.4, 0.5) is 5.69 Å². The largest absolute Gasteiger partial charge is 0.351 e. The summed E-state index contributed by atoms with van der Waals surface area (Å²) in [7, 11) is 0. The molecule has 132 valence electrons. The van der Waals surface area contributed by atoms with Crippen LogP contribution in [-0.2, 0) is 0 Å². The molecule has 0 radical (unpaired) electrons. The van der Waals surface area contributed by atoms with Gasteiger partial charge in [0.2, 0.25) is 0 Å². The molecule has 5 nitrogen and oxygen atoms in total. The van der Waals surface area contributed by atoms with E-state index in [0.29, 0.717) is 22.8 Å². The van der Waals surface area contributed by atoms with Crippen LogP contribution in [0, 0.1) is 6.92 Å². The fourth-order valence-electron chi connectivity index (χ4n) is 2.30. The lowest BCUT2D eigenvalue weighted by atomic mass is 10.1. The van der Waals surface area contributed by atoms with Crippen molar-refractivity contribution in [1.29, 1.82) is 0 Å². The Bertz CT molecular complexity index is 762. The standard InChI is InChI=1S/C19H22ClN3O2/c1-3-4-5-10-22-19(25)17-12-14(9-11-21-17)18(24)23-16-8-6-7-15(20)13(16)2/h6-9,11-12H,3-5,10H2,1-2H3,(H,22,25)(H,23,24). The van der Waals surface area contributed by atoms with Gasteiger partial charge in [0.1, 0.15) is 5.69 Å². The van der Waals surface area contributed by atoms with Gasteiger partial charge < -0.3 is 10.6 Å². The Hall–Kier alpha value is -2.40. The zero-order chi connectivity index (χ0) is 18.2. The van der Waals surface area contributed by atoms with Crippen molar-refractivity contribution in [3.63, 3.8) is 0 Å². The summed E-state index contributed by atoms with van der Waals surface area (Å²) in [5, 5.41) is 6.21. The molecule has 0 unspecified atom stereocenters. The zero-order valence-corrected chi connectivity index (χ0v) is 15.2. The number of rotatable bonds is 7. The Morgan fingerprint density at radius 3 is 2.72 bits per heavy atom. The van der Waals surface area contributed by atoms with Crippen LogP contribution in [0.3, 0.4) is 0 Å². The van der Waals surface area contributed by atoms with Crippen molar-refractivity contribution in [2.75, 3.05) is 11.9 Å². The second-order valence-corrected chi connectivity index (χ2v) is 6.17. The topological polar surface area (TPSA) is 71.1 Å². The van der Waals surface area contributed by atoms with Gasteiger partial charge in [-0.05, 0) is 43.2 Å². The van der Waals surface area contributed by atoms with Crippen LogP contribution in [0.5, 0.6) is 0 Å². The molecule has 0 spiro atoms. The van der Waals surface area contributed by atoms with E-state index >= 15 is 0 Å². The Kier molecular flexibility index (Phi) is 6.95. The van der Waals surface area contributed by atoms with Crippen molar-refractivity contribution in [2.24, 2.45) is 0 Å². The molecule has 0 aliphatic carbocycles. The quantitative estimate of drug-likeness (QED) is 0.727.